The number of benzene rings is 2. The summed E-state index contributed by atoms with van der Waals surface area (Å²) >= 11 is 0. The molecule has 0 radical (unpaired) electrons. The summed E-state index contributed by atoms with van der Waals surface area (Å²) in [6.07, 6.45) is 0.920. The Labute approximate surface area is 187 Å². The third kappa shape index (κ3) is 3.98. The molecule has 0 unspecified atom stereocenters. The zero-order chi connectivity index (χ0) is 22.1. The van der Waals surface area contributed by atoms with Crippen molar-refractivity contribution in [1.82, 2.24) is 20.0 Å². The van der Waals surface area contributed by atoms with Crippen molar-refractivity contribution >= 4 is 11.8 Å². The van der Waals surface area contributed by atoms with Gasteiger partial charge >= 0.3 is 0 Å². The Morgan fingerprint density at radius 2 is 1.72 bits per heavy atom. The first-order valence-electron chi connectivity index (χ1n) is 11.0. The molecule has 1 aliphatic heterocycles. The van der Waals surface area contributed by atoms with Crippen LogP contribution >= 0.6 is 0 Å². The average molecular weight is 431 g/mol. The third-order valence-corrected chi connectivity index (χ3v) is 6.39. The van der Waals surface area contributed by atoms with Crippen LogP contribution < -0.4 is 4.74 Å². The van der Waals surface area contributed by atoms with Crippen molar-refractivity contribution in [3.63, 3.8) is 0 Å². The van der Waals surface area contributed by atoms with Gasteiger partial charge in [0, 0.05) is 37.7 Å². The second kappa shape index (κ2) is 8.49. The first-order valence-corrected chi connectivity index (χ1v) is 11.0. The Kier molecular flexibility index (Phi) is 5.39. The maximum absolute atomic E-state index is 13.0. The number of amides is 2. The summed E-state index contributed by atoms with van der Waals surface area (Å²) in [6, 6.07) is 19.6. The quantitative estimate of drug-likeness (QED) is 0.674. The van der Waals surface area contributed by atoms with Gasteiger partial charge in [0.05, 0.1) is 12.8 Å². The van der Waals surface area contributed by atoms with E-state index in [-0.39, 0.29) is 17.7 Å². The van der Waals surface area contributed by atoms with Crippen LogP contribution in [-0.4, -0.2) is 65.1 Å². The van der Waals surface area contributed by atoms with Gasteiger partial charge in [0.2, 0.25) is 5.91 Å². The number of methoxy groups -OCH3 is 1. The van der Waals surface area contributed by atoms with E-state index in [1.54, 1.807) is 18.1 Å². The van der Waals surface area contributed by atoms with Crippen molar-refractivity contribution in [2.45, 2.75) is 12.3 Å². The zero-order valence-electron chi connectivity index (χ0n) is 18.0. The Bertz CT molecular complexity index is 1120. The maximum Gasteiger partial charge on any atom is 0.272 e. The molecule has 32 heavy (non-hydrogen) atoms. The Balaban J connectivity index is 1.17. The lowest BCUT2D eigenvalue weighted by Crippen LogP contribution is -2.51. The molecule has 2 heterocycles. The van der Waals surface area contributed by atoms with E-state index >= 15 is 0 Å². The lowest BCUT2D eigenvalue weighted by molar-refractivity contribution is -0.134. The Morgan fingerprint density at radius 1 is 0.969 bits per heavy atom. The summed E-state index contributed by atoms with van der Waals surface area (Å²) in [5, 5.41) is 7.16. The normalized spacial score (nSPS) is 20.2. The highest BCUT2D eigenvalue weighted by atomic mass is 16.5. The van der Waals surface area contributed by atoms with Gasteiger partial charge < -0.3 is 14.5 Å². The van der Waals surface area contributed by atoms with Crippen molar-refractivity contribution in [2.24, 2.45) is 5.92 Å². The second-order valence-electron chi connectivity index (χ2n) is 8.38. The van der Waals surface area contributed by atoms with Gasteiger partial charge in [-0.3, -0.25) is 14.7 Å². The summed E-state index contributed by atoms with van der Waals surface area (Å²) in [5.41, 5.74) is 3.27. The van der Waals surface area contributed by atoms with Gasteiger partial charge in [-0.1, -0.05) is 42.5 Å². The predicted molar refractivity (Wildman–Crippen MR) is 120 cm³/mol. The van der Waals surface area contributed by atoms with E-state index in [9.17, 15) is 9.59 Å². The molecule has 0 bridgehead atoms. The highest BCUT2D eigenvalue weighted by Gasteiger charge is 2.46. The van der Waals surface area contributed by atoms with Crippen molar-refractivity contribution in [3.05, 3.63) is 71.9 Å². The monoisotopic (exact) mass is 430 g/mol. The first-order chi connectivity index (χ1) is 15.6. The topological polar surface area (TPSA) is 78.5 Å². The molecular formula is C25H26N4O3. The van der Waals surface area contributed by atoms with E-state index in [4.69, 9.17) is 4.74 Å². The maximum atomic E-state index is 13.0. The molecule has 7 heteroatoms. The van der Waals surface area contributed by atoms with Gasteiger partial charge in [0.25, 0.3) is 5.91 Å². The number of rotatable bonds is 5. The van der Waals surface area contributed by atoms with E-state index in [1.165, 1.54) is 5.56 Å². The number of hydrogen-bond acceptors (Lipinski definition) is 4. The summed E-state index contributed by atoms with van der Waals surface area (Å²) in [5.74, 6) is 1.28. The number of carbonyl (C=O) groups excluding carboxylic acids is 2. The first kappa shape index (κ1) is 20.3. The number of hydrogen-bond donors (Lipinski definition) is 1. The smallest absolute Gasteiger partial charge is 0.272 e. The molecule has 0 spiro atoms. The summed E-state index contributed by atoms with van der Waals surface area (Å²) in [4.78, 5) is 29.5. The van der Waals surface area contributed by atoms with Gasteiger partial charge in [0.1, 0.15) is 11.4 Å². The number of carbonyl (C=O) groups is 2. The second-order valence-corrected chi connectivity index (χ2v) is 8.38. The molecule has 2 fully saturated rings. The summed E-state index contributed by atoms with van der Waals surface area (Å²) < 4.78 is 5.26. The molecule has 7 nitrogen and oxygen atoms in total. The van der Waals surface area contributed by atoms with Crippen molar-refractivity contribution < 1.29 is 14.3 Å². The van der Waals surface area contributed by atoms with E-state index in [0.29, 0.717) is 43.5 Å². The van der Waals surface area contributed by atoms with Gasteiger partial charge in [-0.25, -0.2) is 0 Å². The number of piperazine rings is 1. The summed E-state index contributed by atoms with van der Waals surface area (Å²) in [7, 11) is 1.62. The Morgan fingerprint density at radius 3 is 2.47 bits per heavy atom. The standard InChI is InChI=1S/C25H26N4O3/c1-32-19-9-5-8-18(14-19)22-16-23(27-26-22)25(31)29-12-10-28(11-13-29)24(30)21-15-20(21)17-6-3-2-4-7-17/h2-9,14,16,20-21H,10-13,15H2,1H3,(H,26,27)/t20-,21+/m0/s1. The number of nitrogens with zero attached hydrogens (tertiary/aromatic N) is 3. The average Bonchev–Trinajstić information content (AvgIpc) is 3.51. The van der Waals surface area contributed by atoms with Gasteiger partial charge in [-0.15, -0.1) is 0 Å². The van der Waals surface area contributed by atoms with Crippen LogP contribution in [0.1, 0.15) is 28.4 Å². The number of H-pyrrole nitrogens is 1. The molecule has 164 valence electrons. The van der Waals surface area contributed by atoms with Crippen molar-refractivity contribution in [2.75, 3.05) is 33.3 Å². The molecule has 1 saturated heterocycles. The molecular weight excluding hydrogens is 404 g/mol. The van der Waals surface area contributed by atoms with E-state index in [1.807, 2.05) is 47.4 Å². The highest BCUT2D eigenvalue weighted by Crippen LogP contribution is 2.48. The van der Waals surface area contributed by atoms with Crippen LogP contribution in [0.5, 0.6) is 5.75 Å². The molecule has 1 N–H and O–H groups in total. The SMILES string of the molecule is COc1cccc(-c2cc(C(=O)N3CCN(C(=O)[C@@H]4C[C@H]4c4ccccc4)CC3)[nH]n2)c1. The molecule has 1 aliphatic carbocycles. The Hall–Kier alpha value is -3.61. The largest absolute Gasteiger partial charge is 0.497 e. The number of nitrogens with one attached hydrogen (secondary N) is 1. The van der Waals surface area contributed by atoms with Crippen molar-refractivity contribution in [3.8, 4) is 17.0 Å². The number of ether oxygens (including phenoxy) is 1. The van der Waals surface area contributed by atoms with Crippen LogP contribution in [0.4, 0.5) is 0 Å². The molecule has 2 aromatic carbocycles. The fraction of sp³-hybridized carbons (Fsp3) is 0.320. The fourth-order valence-corrected chi connectivity index (χ4v) is 4.43. The lowest BCUT2D eigenvalue weighted by Gasteiger charge is -2.34. The molecule has 3 aromatic rings. The van der Waals surface area contributed by atoms with Crippen LogP contribution in [-0.2, 0) is 4.79 Å². The van der Waals surface area contributed by atoms with Gasteiger partial charge in [-0.05, 0) is 36.1 Å². The summed E-state index contributed by atoms with van der Waals surface area (Å²) in [6.45, 7) is 2.19. The van der Waals surface area contributed by atoms with Crippen LogP contribution in [0.15, 0.2) is 60.7 Å². The van der Waals surface area contributed by atoms with E-state index < -0.39 is 0 Å². The molecule has 2 aliphatic rings. The minimum absolute atomic E-state index is 0.0812. The minimum Gasteiger partial charge on any atom is -0.497 e. The zero-order valence-corrected chi connectivity index (χ0v) is 18.0. The van der Waals surface area contributed by atoms with Crippen LogP contribution in [0, 0.1) is 5.92 Å². The fourth-order valence-electron chi connectivity index (χ4n) is 4.43. The molecule has 5 rings (SSSR count). The molecule has 2 amide bonds. The molecule has 1 saturated carbocycles. The lowest BCUT2D eigenvalue weighted by atomic mass is 10.1. The number of aromatic nitrogens is 2. The third-order valence-electron chi connectivity index (χ3n) is 6.39. The van der Waals surface area contributed by atoms with Crippen LogP contribution in [0.25, 0.3) is 11.3 Å². The number of aromatic amines is 1. The molecule has 2 atom stereocenters. The van der Waals surface area contributed by atoms with Crippen molar-refractivity contribution in [1.29, 1.82) is 0 Å². The van der Waals surface area contributed by atoms with E-state index in [0.717, 1.165) is 17.7 Å². The van der Waals surface area contributed by atoms with Gasteiger partial charge in [-0.2, -0.15) is 5.10 Å². The molecule has 1 aromatic heterocycles. The highest BCUT2D eigenvalue weighted by molar-refractivity contribution is 5.93. The van der Waals surface area contributed by atoms with Crippen LogP contribution in [0.2, 0.25) is 0 Å². The minimum atomic E-state index is -0.0904. The van der Waals surface area contributed by atoms with E-state index in [2.05, 4.69) is 22.3 Å². The van der Waals surface area contributed by atoms with Crippen LogP contribution in [0.3, 0.4) is 0 Å². The predicted octanol–water partition coefficient (Wildman–Crippen LogP) is 3.17. The van der Waals surface area contributed by atoms with Gasteiger partial charge in [0.15, 0.2) is 0 Å².